The quantitative estimate of drug-likeness (QED) is 0.803. The molecule has 0 saturated carbocycles. The molecule has 6 heteroatoms. The van der Waals surface area contributed by atoms with Gasteiger partial charge in [-0.3, -0.25) is 0 Å². The minimum atomic E-state index is -0.903. The fraction of sp³-hybridized carbons (Fsp3) is 0.846. The van der Waals surface area contributed by atoms with Crippen LogP contribution in [0.3, 0.4) is 0 Å². The van der Waals surface area contributed by atoms with Crippen LogP contribution in [0.25, 0.3) is 0 Å². The molecule has 1 aliphatic rings. The molecule has 0 aromatic rings. The molecule has 0 bridgehead atoms. The van der Waals surface area contributed by atoms with Gasteiger partial charge in [-0.15, -0.1) is 0 Å². The smallest absolute Gasteiger partial charge is 0.326 e. The van der Waals surface area contributed by atoms with Gasteiger partial charge in [0.25, 0.3) is 0 Å². The number of aliphatic carboxylic acids is 1. The summed E-state index contributed by atoms with van der Waals surface area (Å²) in [5.41, 5.74) is 0. The van der Waals surface area contributed by atoms with Crippen molar-refractivity contribution in [3.63, 3.8) is 0 Å². The van der Waals surface area contributed by atoms with Crippen LogP contribution in [-0.4, -0.2) is 78.6 Å². The van der Waals surface area contributed by atoms with Gasteiger partial charge >= 0.3 is 12.0 Å². The monoisotopic (exact) mass is 271 g/mol. The second kappa shape index (κ2) is 6.75. The molecule has 0 radical (unpaired) electrons. The number of nitrogens with zero attached hydrogens (tertiary/aromatic N) is 3. The minimum absolute atomic E-state index is 0.0247. The average molecular weight is 271 g/mol. The summed E-state index contributed by atoms with van der Waals surface area (Å²) in [5, 5.41) is 9.21. The number of carbonyl (C=O) groups is 2. The third kappa shape index (κ3) is 4.09. The van der Waals surface area contributed by atoms with E-state index in [4.69, 9.17) is 0 Å². The molecule has 0 aromatic carbocycles. The van der Waals surface area contributed by atoms with Crippen LogP contribution >= 0.6 is 0 Å². The molecule has 1 rings (SSSR count). The maximum absolute atomic E-state index is 12.3. The Morgan fingerprint density at radius 2 is 1.89 bits per heavy atom. The van der Waals surface area contributed by atoms with Crippen LogP contribution in [0.2, 0.25) is 0 Å². The summed E-state index contributed by atoms with van der Waals surface area (Å²) in [6.45, 7) is 3.98. The van der Waals surface area contributed by atoms with Crippen LogP contribution in [0.4, 0.5) is 4.79 Å². The first-order valence-electron chi connectivity index (χ1n) is 6.74. The lowest BCUT2D eigenvalue weighted by Gasteiger charge is -2.28. The lowest BCUT2D eigenvalue weighted by Crippen LogP contribution is -2.48. The number of amides is 2. The fourth-order valence-corrected chi connectivity index (χ4v) is 2.48. The highest BCUT2D eigenvalue weighted by Crippen LogP contribution is 2.25. The molecule has 2 atom stereocenters. The van der Waals surface area contributed by atoms with Crippen molar-refractivity contribution < 1.29 is 14.7 Å². The largest absolute Gasteiger partial charge is 0.480 e. The zero-order valence-corrected chi connectivity index (χ0v) is 12.3. The highest BCUT2D eigenvalue weighted by molar-refractivity contribution is 5.83. The molecule has 1 saturated heterocycles. The van der Waals surface area contributed by atoms with Crippen LogP contribution < -0.4 is 0 Å². The standard InChI is InChI=1S/C13H25N3O3/c1-10-6-9-16(11(10)12(17)18)13(19)15(4)8-5-7-14(2)3/h10-11H,5-9H2,1-4H3,(H,17,18). The summed E-state index contributed by atoms with van der Waals surface area (Å²) in [4.78, 5) is 28.7. The Hall–Kier alpha value is -1.30. The number of likely N-dealkylation sites (tertiary alicyclic amines) is 1. The summed E-state index contributed by atoms with van der Waals surface area (Å²) < 4.78 is 0. The molecule has 110 valence electrons. The predicted molar refractivity (Wildman–Crippen MR) is 73.1 cm³/mol. The minimum Gasteiger partial charge on any atom is -0.480 e. The van der Waals surface area contributed by atoms with E-state index in [0.717, 1.165) is 19.4 Å². The topological polar surface area (TPSA) is 64.1 Å². The van der Waals surface area contributed by atoms with Crippen molar-refractivity contribution in [3.05, 3.63) is 0 Å². The second-order valence-corrected chi connectivity index (χ2v) is 5.60. The fourth-order valence-electron chi connectivity index (χ4n) is 2.48. The highest BCUT2D eigenvalue weighted by atomic mass is 16.4. The number of carboxylic acids is 1. The van der Waals surface area contributed by atoms with Gasteiger partial charge in [-0.2, -0.15) is 0 Å². The summed E-state index contributed by atoms with van der Waals surface area (Å²) in [6, 6.07) is -0.848. The Morgan fingerprint density at radius 1 is 1.26 bits per heavy atom. The van der Waals surface area contributed by atoms with E-state index in [1.54, 1.807) is 11.9 Å². The van der Waals surface area contributed by atoms with E-state index in [1.807, 2.05) is 21.0 Å². The summed E-state index contributed by atoms with van der Waals surface area (Å²) in [6.07, 6.45) is 1.64. The predicted octanol–water partition coefficient (Wildman–Crippen LogP) is 0.785. The first-order chi connectivity index (χ1) is 8.84. The van der Waals surface area contributed by atoms with Gasteiger partial charge in [-0.25, -0.2) is 9.59 Å². The van der Waals surface area contributed by atoms with Crippen LogP contribution in [0.1, 0.15) is 19.8 Å². The number of carboxylic acid groups (broad SMARTS) is 1. The Morgan fingerprint density at radius 3 is 2.42 bits per heavy atom. The lowest BCUT2D eigenvalue weighted by molar-refractivity contribution is -0.142. The summed E-state index contributed by atoms with van der Waals surface area (Å²) in [5.74, 6) is -0.878. The lowest BCUT2D eigenvalue weighted by atomic mass is 10.0. The summed E-state index contributed by atoms with van der Waals surface area (Å²) >= 11 is 0. The molecular weight excluding hydrogens is 246 g/mol. The normalized spacial score (nSPS) is 22.9. The van der Waals surface area contributed by atoms with Crippen LogP contribution in [0, 0.1) is 5.92 Å². The molecule has 2 unspecified atom stereocenters. The second-order valence-electron chi connectivity index (χ2n) is 5.60. The zero-order chi connectivity index (χ0) is 14.6. The number of rotatable bonds is 5. The van der Waals surface area contributed by atoms with Crippen molar-refractivity contribution in [2.24, 2.45) is 5.92 Å². The molecule has 1 aliphatic heterocycles. The van der Waals surface area contributed by atoms with Crippen molar-refractivity contribution in [1.82, 2.24) is 14.7 Å². The first kappa shape index (κ1) is 15.8. The maximum Gasteiger partial charge on any atom is 0.326 e. The van der Waals surface area contributed by atoms with Crippen molar-refractivity contribution in [3.8, 4) is 0 Å². The van der Waals surface area contributed by atoms with E-state index >= 15 is 0 Å². The summed E-state index contributed by atoms with van der Waals surface area (Å²) in [7, 11) is 5.72. The van der Waals surface area contributed by atoms with E-state index in [-0.39, 0.29) is 11.9 Å². The van der Waals surface area contributed by atoms with Gasteiger partial charge in [0.2, 0.25) is 0 Å². The molecule has 1 fully saturated rings. The van der Waals surface area contributed by atoms with Gasteiger partial charge in [0.1, 0.15) is 6.04 Å². The van der Waals surface area contributed by atoms with Crippen molar-refractivity contribution in [2.45, 2.75) is 25.8 Å². The van der Waals surface area contributed by atoms with Gasteiger partial charge < -0.3 is 19.8 Å². The van der Waals surface area contributed by atoms with Gasteiger partial charge in [0.05, 0.1) is 0 Å². The van der Waals surface area contributed by atoms with Gasteiger partial charge in [-0.1, -0.05) is 6.92 Å². The van der Waals surface area contributed by atoms with Gasteiger partial charge in [0, 0.05) is 20.1 Å². The van der Waals surface area contributed by atoms with Crippen molar-refractivity contribution >= 4 is 12.0 Å². The molecule has 0 aromatic heterocycles. The molecule has 1 N–H and O–H groups in total. The van der Waals surface area contributed by atoms with Crippen molar-refractivity contribution in [2.75, 3.05) is 40.8 Å². The number of carbonyl (C=O) groups excluding carboxylic acids is 1. The highest BCUT2D eigenvalue weighted by Gasteiger charge is 2.40. The molecule has 0 aliphatic carbocycles. The van der Waals surface area contributed by atoms with Crippen molar-refractivity contribution in [1.29, 1.82) is 0 Å². The van der Waals surface area contributed by atoms with E-state index in [2.05, 4.69) is 4.90 Å². The Kier molecular flexibility index (Phi) is 5.60. The van der Waals surface area contributed by atoms with Crippen LogP contribution in [0.15, 0.2) is 0 Å². The number of hydrogen-bond donors (Lipinski definition) is 1. The van der Waals surface area contributed by atoms with Crippen LogP contribution in [-0.2, 0) is 4.79 Å². The Labute approximate surface area is 115 Å². The SMILES string of the molecule is CC1CCN(C(=O)N(C)CCCN(C)C)C1C(=O)O. The third-order valence-corrected chi connectivity index (χ3v) is 3.62. The molecule has 19 heavy (non-hydrogen) atoms. The Bertz CT molecular complexity index is 333. The molecule has 1 heterocycles. The van der Waals surface area contributed by atoms with Gasteiger partial charge in [-0.05, 0) is 39.4 Å². The first-order valence-corrected chi connectivity index (χ1v) is 6.74. The van der Waals surface area contributed by atoms with E-state index in [1.165, 1.54) is 4.90 Å². The molecular formula is C13H25N3O3. The molecule has 2 amide bonds. The Balaban J connectivity index is 2.54. The molecule has 0 spiro atoms. The van der Waals surface area contributed by atoms with Gasteiger partial charge in [0.15, 0.2) is 0 Å². The zero-order valence-electron chi connectivity index (χ0n) is 12.3. The van der Waals surface area contributed by atoms with E-state index < -0.39 is 12.0 Å². The van der Waals surface area contributed by atoms with E-state index in [9.17, 15) is 14.7 Å². The maximum atomic E-state index is 12.3. The number of urea groups is 1. The van der Waals surface area contributed by atoms with E-state index in [0.29, 0.717) is 13.1 Å². The molecule has 6 nitrogen and oxygen atoms in total. The third-order valence-electron chi connectivity index (χ3n) is 3.62. The number of hydrogen-bond acceptors (Lipinski definition) is 3. The van der Waals surface area contributed by atoms with Crippen LogP contribution in [0.5, 0.6) is 0 Å². The average Bonchev–Trinajstić information content (AvgIpc) is 2.69.